The lowest BCUT2D eigenvalue weighted by molar-refractivity contribution is 0.138. The molecule has 0 fully saturated rings. The number of para-hydroxylation sites is 1. The van der Waals surface area contributed by atoms with Crippen molar-refractivity contribution < 1.29 is 4.74 Å². The maximum absolute atomic E-state index is 5.39. The van der Waals surface area contributed by atoms with Gasteiger partial charge in [-0.2, -0.15) is 0 Å². The Labute approximate surface area is 128 Å². The molecule has 4 aromatic rings. The van der Waals surface area contributed by atoms with Crippen molar-refractivity contribution in [3.8, 4) is 11.3 Å². The molecule has 0 spiro atoms. The van der Waals surface area contributed by atoms with Gasteiger partial charge >= 0.3 is 0 Å². The first-order chi connectivity index (χ1) is 10.9. The van der Waals surface area contributed by atoms with E-state index in [4.69, 9.17) is 4.74 Å². The molecule has 0 aliphatic carbocycles. The fraction of sp³-hybridized carbons (Fsp3) is 0.105. The van der Waals surface area contributed by atoms with Crippen LogP contribution in [0.4, 0.5) is 0 Å². The highest BCUT2D eigenvalue weighted by atomic mass is 16.5. The predicted octanol–water partition coefficient (Wildman–Crippen LogP) is 4.46. The molecule has 108 valence electrons. The Bertz CT molecular complexity index is 942. The lowest BCUT2D eigenvalue weighted by atomic mass is 10.1. The van der Waals surface area contributed by atoms with Crippen LogP contribution in [0.3, 0.4) is 0 Å². The van der Waals surface area contributed by atoms with E-state index in [2.05, 4.69) is 52.0 Å². The molecule has 0 radical (unpaired) electrons. The minimum Gasteiger partial charge on any atom is -0.364 e. The number of benzene rings is 2. The largest absolute Gasteiger partial charge is 0.364 e. The topological polar surface area (TPSA) is 27.1 Å². The fourth-order valence-corrected chi connectivity index (χ4v) is 2.98. The predicted molar refractivity (Wildman–Crippen MR) is 89.7 cm³/mol. The molecule has 22 heavy (non-hydrogen) atoms. The summed E-state index contributed by atoms with van der Waals surface area (Å²) in [5.41, 5.74) is 4.43. The number of nitrogens with zero attached hydrogens (tertiary/aromatic N) is 2. The summed E-state index contributed by atoms with van der Waals surface area (Å²) in [5.74, 6) is 0. The van der Waals surface area contributed by atoms with Crippen LogP contribution in [0.5, 0.6) is 0 Å². The quantitative estimate of drug-likeness (QED) is 0.556. The molecule has 3 nitrogen and oxygen atoms in total. The number of hydrogen-bond donors (Lipinski definition) is 0. The number of rotatable bonds is 3. The molecule has 2 heterocycles. The van der Waals surface area contributed by atoms with Crippen molar-refractivity contribution in [2.45, 2.75) is 6.73 Å². The van der Waals surface area contributed by atoms with Crippen molar-refractivity contribution in [1.29, 1.82) is 0 Å². The van der Waals surface area contributed by atoms with Gasteiger partial charge in [-0.05, 0) is 12.1 Å². The van der Waals surface area contributed by atoms with E-state index in [9.17, 15) is 0 Å². The van der Waals surface area contributed by atoms with Gasteiger partial charge < -0.3 is 9.30 Å². The Kier molecular flexibility index (Phi) is 3.13. The fourth-order valence-electron chi connectivity index (χ4n) is 2.98. The van der Waals surface area contributed by atoms with Crippen LogP contribution in [0.15, 0.2) is 66.9 Å². The summed E-state index contributed by atoms with van der Waals surface area (Å²) in [4.78, 5) is 4.65. The summed E-state index contributed by atoms with van der Waals surface area (Å²) < 4.78 is 7.58. The summed E-state index contributed by atoms with van der Waals surface area (Å²) in [7, 11) is 1.72. The van der Waals surface area contributed by atoms with Gasteiger partial charge in [0.15, 0.2) is 0 Å². The van der Waals surface area contributed by atoms with E-state index < -0.39 is 0 Å². The van der Waals surface area contributed by atoms with E-state index in [1.54, 1.807) is 7.11 Å². The lowest BCUT2D eigenvalue weighted by Gasteiger charge is -2.06. The van der Waals surface area contributed by atoms with Crippen molar-refractivity contribution in [2.75, 3.05) is 7.11 Å². The Morgan fingerprint density at radius 1 is 0.909 bits per heavy atom. The van der Waals surface area contributed by atoms with Gasteiger partial charge in [-0.15, -0.1) is 0 Å². The molecule has 0 saturated heterocycles. The van der Waals surface area contributed by atoms with Crippen molar-refractivity contribution in [3.05, 3.63) is 66.9 Å². The van der Waals surface area contributed by atoms with Gasteiger partial charge in [0, 0.05) is 29.6 Å². The second-order valence-electron chi connectivity index (χ2n) is 5.32. The minimum absolute atomic E-state index is 0.530. The third-order valence-corrected chi connectivity index (χ3v) is 3.99. The van der Waals surface area contributed by atoms with Crippen molar-refractivity contribution in [1.82, 2.24) is 9.55 Å². The van der Waals surface area contributed by atoms with Gasteiger partial charge in [-0.25, -0.2) is 0 Å². The van der Waals surface area contributed by atoms with Crippen molar-refractivity contribution >= 4 is 21.8 Å². The number of fused-ring (bicyclic) bond motifs is 3. The molecule has 2 aromatic heterocycles. The summed E-state index contributed by atoms with van der Waals surface area (Å²) >= 11 is 0. The van der Waals surface area contributed by atoms with E-state index >= 15 is 0 Å². The molecule has 2 aromatic carbocycles. The second-order valence-corrected chi connectivity index (χ2v) is 5.32. The zero-order valence-corrected chi connectivity index (χ0v) is 12.4. The molecule has 0 N–H and O–H groups in total. The molecule has 0 saturated carbocycles. The first kappa shape index (κ1) is 13.0. The molecule has 4 rings (SSSR count). The highest BCUT2D eigenvalue weighted by Crippen LogP contribution is 2.30. The zero-order valence-electron chi connectivity index (χ0n) is 12.4. The first-order valence-electron chi connectivity index (χ1n) is 7.30. The highest BCUT2D eigenvalue weighted by Gasteiger charge is 2.11. The second kappa shape index (κ2) is 5.28. The summed E-state index contributed by atoms with van der Waals surface area (Å²) in [6.45, 7) is 0.530. The summed E-state index contributed by atoms with van der Waals surface area (Å²) in [5, 5.41) is 2.37. The van der Waals surface area contributed by atoms with Crippen LogP contribution >= 0.6 is 0 Å². The molecule has 3 heteroatoms. The number of pyridine rings is 1. The number of ether oxygens (including phenoxy) is 1. The first-order valence-corrected chi connectivity index (χ1v) is 7.30. The number of aromatic nitrogens is 2. The zero-order chi connectivity index (χ0) is 14.9. The Balaban J connectivity index is 2.03. The van der Waals surface area contributed by atoms with E-state index in [0.29, 0.717) is 6.73 Å². The van der Waals surface area contributed by atoms with Crippen LogP contribution in [0.2, 0.25) is 0 Å². The lowest BCUT2D eigenvalue weighted by Crippen LogP contribution is -1.99. The highest BCUT2D eigenvalue weighted by molar-refractivity contribution is 6.08. The van der Waals surface area contributed by atoms with Crippen LogP contribution in [-0.2, 0) is 11.5 Å². The summed E-state index contributed by atoms with van der Waals surface area (Å²) in [6, 6.07) is 20.8. The third-order valence-electron chi connectivity index (χ3n) is 3.99. The van der Waals surface area contributed by atoms with E-state index in [1.165, 1.54) is 10.9 Å². The Hall–Kier alpha value is -2.65. The number of methoxy groups -OCH3 is 1. The van der Waals surface area contributed by atoms with Gasteiger partial charge in [0.25, 0.3) is 0 Å². The smallest absolute Gasteiger partial charge is 0.123 e. The SMILES string of the molecule is COCn1c2ccccc2c2cnc(-c3ccccc3)cc21. The molecule has 0 aliphatic heterocycles. The maximum Gasteiger partial charge on any atom is 0.123 e. The van der Waals surface area contributed by atoms with Gasteiger partial charge in [0.05, 0.1) is 16.7 Å². The normalized spacial score (nSPS) is 11.3. The Morgan fingerprint density at radius 2 is 1.68 bits per heavy atom. The molecule has 0 bridgehead atoms. The molecular weight excluding hydrogens is 272 g/mol. The summed E-state index contributed by atoms with van der Waals surface area (Å²) in [6.07, 6.45) is 1.96. The average Bonchev–Trinajstić information content (AvgIpc) is 2.90. The van der Waals surface area contributed by atoms with Crippen LogP contribution in [-0.4, -0.2) is 16.7 Å². The number of hydrogen-bond acceptors (Lipinski definition) is 2. The van der Waals surface area contributed by atoms with Gasteiger partial charge in [0.1, 0.15) is 6.73 Å². The van der Waals surface area contributed by atoms with Gasteiger partial charge in [-0.3, -0.25) is 4.98 Å². The third kappa shape index (κ3) is 1.98. The van der Waals surface area contributed by atoms with Crippen molar-refractivity contribution in [3.63, 3.8) is 0 Å². The molecule has 0 amide bonds. The van der Waals surface area contributed by atoms with Gasteiger partial charge in [-0.1, -0.05) is 48.5 Å². The monoisotopic (exact) mass is 288 g/mol. The van der Waals surface area contributed by atoms with Crippen LogP contribution in [0.1, 0.15) is 0 Å². The van der Waals surface area contributed by atoms with E-state index in [0.717, 1.165) is 22.2 Å². The molecular formula is C19H16N2O. The van der Waals surface area contributed by atoms with Crippen LogP contribution in [0.25, 0.3) is 33.1 Å². The van der Waals surface area contributed by atoms with Crippen LogP contribution in [0, 0.1) is 0 Å². The van der Waals surface area contributed by atoms with Gasteiger partial charge in [0.2, 0.25) is 0 Å². The van der Waals surface area contributed by atoms with Crippen molar-refractivity contribution in [2.24, 2.45) is 0 Å². The molecule has 0 aliphatic rings. The Morgan fingerprint density at radius 3 is 2.50 bits per heavy atom. The molecule has 0 unspecified atom stereocenters. The standard InChI is InChI=1S/C19H16N2O/c1-22-13-21-18-10-6-5-9-15(18)16-12-20-17(11-19(16)21)14-7-3-2-4-8-14/h2-12H,13H2,1H3. The maximum atomic E-state index is 5.39. The van der Waals surface area contributed by atoms with Crippen LogP contribution < -0.4 is 0 Å². The van der Waals surface area contributed by atoms with E-state index in [-0.39, 0.29) is 0 Å². The van der Waals surface area contributed by atoms with E-state index in [1.807, 2.05) is 24.4 Å². The average molecular weight is 288 g/mol. The molecule has 0 atom stereocenters. The minimum atomic E-state index is 0.530.